The number of ether oxygens (including phenoxy) is 4. The van der Waals surface area contributed by atoms with Gasteiger partial charge in [-0.2, -0.15) is 8.78 Å². The maximum atomic E-state index is 12.1. The van der Waals surface area contributed by atoms with Gasteiger partial charge in [-0.15, -0.1) is 0 Å². The fourth-order valence-corrected chi connectivity index (χ4v) is 2.24. The van der Waals surface area contributed by atoms with Gasteiger partial charge in [0.25, 0.3) is 5.91 Å². The van der Waals surface area contributed by atoms with E-state index in [-0.39, 0.29) is 12.4 Å². The molecule has 0 aliphatic carbocycles. The normalized spacial score (nSPS) is 10.3. The van der Waals surface area contributed by atoms with Gasteiger partial charge in [0.1, 0.15) is 17.2 Å². The number of halogens is 2. The number of hydrogen-bond donors (Lipinski definition) is 1. The van der Waals surface area contributed by atoms with Crippen LogP contribution in [0.4, 0.5) is 8.78 Å². The molecule has 0 aliphatic heterocycles. The van der Waals surface area contributed by atoms with Gasteiger partial charge in [0, 0.05) is 6.54 Å². The van der Waals surface area contributed by atoms with Gasteiger partial charge in [0.15, 0.2) is 13.2 Å². The molecule has 0 bridgehead atoms. The molecular weight excluding hydrogens is 388 g/mol. The van der Waals surface area contributed by atoms with E-state index >= 15 is 0 Å². The zero-order valence-corrected chi connectivity index (χ0v) is 15.7. The number of nitrogens with one attached hydrogen (secondary N) is 1. The lowest BCUT2D eigenvalue weighted by Crippen LogP contribution is -2.31. The molecule has 0 heterocycles. The average molecular weight is 409 g/mol. The highest BCUT2D eigenvalue weighted by Gasteiger charge is 2.09. The summed E-state index contributed by atoms with van der Waals surface area (Å²) in [6, 6.07) is 12.8. The Bertz CT molecular complexity index is 781. The van der Waals surface area contributed by atoms with E-state index in [0.717, 1.165) is 5.56 Å². The summed E-state index contributed by atoms with van der Waals surface area (Å²) in [7, 11) is 1.54. The summed E-state index contributed by atoms with van der Waals surface area (Å²) < 4.78 is 43.5. The van der Waals surface area contributed by atoms with E-state index in [1.807, 2.05) is 0 Å². The van der Waals surface area contributed by atoms with Crippen molar-refractivity contribution >= 4 is 11.9 Å². The third kappa shape index (κ3) is 8.46. The van der Waals surface area contributed by atoms with Gasteiger partial charge in [-0.1, -0.05) is 12.1 Å². The molecule has 0 unspecified atom stereocenters. The minimum Gasteiger partial charge on any atom is -0.497 e. The number of benzene rings is 2. The van der Waals surface area contributed by atoms with Crippen LogP contribution in [0.2, 0.25) is 0 Å². The van der Waals surface area contributed by atoms with Crippen molar-refractivity contribution in [2.24, 2.45) is 0 Å². The van der Waals surface area contributed by atoms with E-state index in [0.29, 0.717) is 24.5 Å². The summed E-state index contributed by atoms with van der Waals surface area (Å²) in [6.45, 7) is -3.32. The number of hydrogen-bond acceptors (Lipinski definition) is 6. The second-order valence-electron chi connectivity index (χ2n) is 5.75. The van der Waals surface area contributed by atoms with Gasteiger partial charge in [-0.25, -0.2) is 4.79 Å². The molecule has 0 aromatic heterocycles. The van der Waals surface area contributed by atoms with E-state index in [4.69, 9.17) is 14.2 Å². The Balaban J connectivity index is 1.60. The Morgan fingerprint density at radius 2 is 1.55 bits per heavy atom. The van der Waals surface area contributed by atoms with Gasteiger partial charge in [-0.05, 0) is 48.4 Å². The van der Waals surface area contributed by atoms with Crippen LogP contribution in [-0.2, 0) is 20.7 Å². The molecule has 0 atom stereocenters. The molecule has 156 valence electrons. The van der Waals surface area contributed by atoms with Crippen LogP contribution in [0.1, 0.15) is 5.56 Å². The van der Waals surface area contributed by atoms with E-state index in [1.54, 1.807) is 43.5 Å². The van der Waals surface area contributed by atoms with Crippen molar-refractivity contribution in [2.75, 3.05) is 26.9 Å². The average Bonchev–Trinajstić information content (AvgIpc) is 2.72. The first kappa shape index (κ1) is 21.9. The number of esters is 1. The molecule has 2 aromatic rings. The van der Waals surface area contributed by atoms with E-state index in [9.17, 15) is 18.4 Å². The zero-order chi connectivity index (χ0) is 21.1. The molecule has 0 aliphatic rings. The summed E-state index contributed by atoms with van der Waals surface area (Å²) in [5, 5.41) is 2.60. The standard InChI is InChI=1S/C20H21F2NO6/c1-26-15-6-8-16(9-7-15)27-13-19(25)28-12-18(24)23-11-10-14-2-4-17(5-3-14)29-20(21)22/h2-9,20H,10-13H2,1H3,(H,23,24). The highest BCUT2D eigenvalue weighted by atomic mass is 19.3. The minimum atomic E-state index is -2.87. The van der Waals surface area contributed by atoms with Crippen LogP contribution in [0.25, 0.3) is 0 Å². The first-order chi connectivity index (χ1) is 14.0. The highest BCUT2D eigenvalue weighted by molar-refractivity contribution is 5.80. The van der Waals surface area contributed by atoms with Crippen LogP contribution in [0.3, 0.4) is 0 Å². The number of methoxy groups -OCH3 is 1. The number of alkyl halides is 2. The largest absolute Gasteiger partial charge is 0.497 e. The number of amides is 1. The Kier molecular flexibility index (Phi) is 8.68. The molecule has 1 amide bonds. The number of carbonyl (C=O) groups is 2. The summed E-state index contributed by atoms with van der Waals surface area (Å²) in [5.41, 5.74) is 0.830. The predicted molar refractivity (Wildman–Crippen MR) is 99.2 cm³/mol. The van der Waals surface area contributed by atoms with Crippen LogP contribution >= 0.6 is 0 Å². The summed E-state index contributed by atoms with van der Waals surface area (Å²) in [6.07, 6.45) is 0.481. The molecule has 1 N–H and O–H groups in total. The molecule has 0 saturated carbocycles. The molecule has 0 saturated heterocycles. The fourth-order valence-electron chi connectivity index (χ4n) is 2.24. The molecule has 0 radical (unpaired) electrons. The lowest BCUT2D eigenvalue weighted by atomic mass is 10.1. The molecule has 9 heteroatoms. The van der Waals surface area contributed by atoms with Gasteiger partial charge >= 0.3 is 12.6 Å². The van der Waals surface area contributed by atoms with Crippen LogP contribution in [-0.4, -0.2) is 45.4 Å². The van der Waals surface area contributed by atoms with Gasteiger partial charge in [0.05, 0.1) is 7.11 Å². The first-order valence-electron chi connectivity index (χ1n) is 8.69. The van der Waals surface area contributed by atoms with E-state index < -0.39 is 25.1 Å². The number of rotatable bonds is 11. The Morgan fingerprint density at radius 1 is 0.931 bits per heavy atom. The van der Waals surface area contributed by atoms with Crippen LogP contribution < -0.4 is 19.5 Å². The van der Waals surface area contributed by atoms with Crippen molar-refractivity contribution in [3.05, 3.63) is 54.1 Å². The maximum Gasteiger partial charge on any atom is 0.387 e. The van der Waals surface area contributed by atoms with Crippen LogP contribution in [0.15, 0.2) is 48.5 Å². The number of carbonyl (C=O) groups excluding carboxylic acids is 2. The van der Waals surface area contributed by atoms with Gasteiger partial charge < -0.3 is 24.3 Å². The second kappa shape index (κ2) is 11.5. The zero-order valence-electron chi connectivity index (χ0n) is 15.7. The van der Waals surface area contributed by atoms with Crippen LogP contribution in [0, 0.1) is 0 Å². The predicted octanol–water partition coefficient (Wildman–Crippen LogP) is 2.58. The van der Waals surface area contributed by atoms with Gasteiger partial charge in [-0.3, -0.25) is 4.79 Å². The van der Waals surface area contributed by atoms with Crippen molar-refractivity contribution in [3.8, 4) is 17.2 Å². The molecule has 29 heavy (non-hydrogen) atoms. The minimum absolute atomic E-state index is 0.0663. The Hall–Kier alpha value is -3.36. The topological polar surface area (TPSA) is 83.1 Å². The molecule has 7 nitrogen and oxygen atoms in total. The van der Waals surface area contributed by atoms with Crippen molar-refractivity contribution < 1.29 is 37.3 Å². The second-order valence-corrected chi connectivity index (χ2v) is 5.75. The van der Waals surface area contributed by atoms with Crippen LogP contribution in [0.5, 0.6) is 17.2 Å². The SMILES string of the molecule is COc1ccc(OCC(=O)OCC(=O)NCCc2ccc(OC(F)F)cc2)cc1. The van der Waals surface area contributed by atoms with Crippen molar-refractivity contribution in [1.29, 1.82) is 0 Å². The third-order valence-electron chi connectivity index (χ3n) is 3.66. The third-order valence-corrected chi connectivity index (χ3v) is 3.66. The fraction of sp³-hybridized carbons (Fsp3) is 0.300. The summed E-state index contributed by atoms with van der Waals surface area (Å²) in [4.78, 5) is 23.3. The Morgan fingerprint density at radius 3 is 2.17 bits per heavy atom. The Labute approximate surface area is 166 Å². The lowest BCUT2D eigenvalue weighted by molar-refractivity contribution is -0.150. The van der Waals surface area contributed by atoms with Crippen molar-refractivity contribution in [2.45, 2.75) is 13.0 Å². The molecule has 2 aromatic carbocycles. The molecular formula is C20H21F2NO6. The van der Waals surface area contributed by atoms with E-state index in [2.05, 4.69) is 10.1 Å². The quantitative estimate of drug-likeness (QED) is 0.575. The first-order valence-corrected chi connectivity index (χ1v) is 8.69. The monoisotopic (exact) mass is 409 g/mol. The summed E-state index contributed by atoms with van der Waals surface area (Å²) in [5.74, 6) is 0.0637. The van der Waals surface area contributed by atoms with Crippen molar-refractivity contribution in [3.63, 3.8) is 0 Å². The maximum absolute atomic E-state index is 12.1. The highest BCUT2D eigenvalue weighted by Crippen LogP contribution is 2.17. The van der Waals surface area contributed by atoms with Crippen molar-refractivity contribution in [1.82, 2.24) is 5.32 Å². The lowest BCUT2D eigenvalue weighted by Gasteiger charge is -2.09. The van der Waals surface area contributed by atoms with Gasteiger partial charge in [0.2, 0.25) is 0 Å². The molecule has 0 spiro atoms. The van der Waals surface area contributed by atoms with E-state index in [1.165, 1.54) is 12.1 Å². The summed E-state index contributed by atoms with van der Waals surface area (Å²) >= 11 is 0. The molecule has 2 rings (SSSR count). The molecule has 0 fully saturated rings. The smallest absolute Gasteiger partial charge is 0.387 e.